The van der Waals surface area contributed by atoms with Crippen molar-refractivity contribution in [1.82, 2.24) is 4.98 Å². The van der Waals surface area contributed by atoms with Crippen LogP contribution in [-0.4, -0.2) is 10.1 Å². The highest BCUT2D eigenvalue weighted by Gasteiger charge is 2.03. The molecule has 1 heterocycles. The van der Waals surface area contributed by atoms with E-state index in [2.05, 4.69) is 26.2 Å². The molecule has 0 radical (unpaired) electrons. The maximum absolute atomic E-state index is 9.63. The van der Waals surface area contributed by atoms with Crippen LogP contribution in [0.15, 0.2) is 41.0 Å². The summed E-state index contributed by atoms with van der Waals surface area (Å²) in [6, 6.07) is 9.26. The standard InChI is InChI=1S/C13H13BrN2O/c1-9-6-11(14)13(15-7-9)16-8-10-4-2-3-5-12(10)17/h2-7,17H,8H2,1H3,(H,15,16). The number of benzene rings is 1. The van der Waals surface area contributed by atoms with E-state index in [1.165, 1.54) is 0 Å². The largest absolute Gasteiger partial charge is 0.508 e. The number of aromatic nitrogens is 1. The molecule has 0 amide bonds. The van der Waals surface area contributed by atoms with Gasteiger partial charge in [0.1, 0.15) is 11.6 Å². The van der Waals surface area contributed by atoms with Crippen LogP contribution in [-0.2, 0) is 6.54 Å². The van der Waals surface area contributed by atoms with Crippen molar-refractivity contribution in [1.29, 1.82) is 0 Å². The molecule has 0 aliphatic rings. The number of nitrogens with one attached hydrogen (secondary N) is 1. The summed E-state index contributed by atoms with van der Waals surface area (Å²) >= 11 is 3.45. The minimum Gasteiger partial charge on any atom is -0.508 e. The number of para-hydroxylation sites is 1. The molecule has 2 aromatic rings. The Bertz CT molecular complexity index is 529. The predicted octanol–water partition coefficient (Wildman–Crippen LogP) is 3.47. The lowest BCUT2D eigenvalue weighted by atomic mass is 10.2. The Morgan fingerprint density at radius 2 is 2.12 bits per heavy atom. The number of pyridine rings is 1. The number of nitrogens with zero attached hydrogens (tertiary/aromatic N) is 1. The Labute approximate surface area is 109 Å². The van der Waals surface area contributed by atoms with E-state index in [0.29, 0.717) is 12.3 Å². The van der Waals surface area contributed by atoms with Crippen LogP contribution in [0.5, 0.6) is 5.75 Å². The number of phenolic OH excluding ortho intramolecular Hbond substituents is 1. The zero-order valence-corrected chi connectivity index (χ0v) is 11.0. The summed E-state index contributed by atoms with van der Waals surface area (Å²) < 4.78 is 0.924. The molecule has 88 valence electrons. The summed E-state index contributed by atoms with van der Waals surface area (Å²) in [7, 11) is 0. The van der Waals surface area contributed by atoms with Gasteiger partial charge in [-0.2, -0.15) is 0 Å². The van der Waals surface area contributed by atoms with Crippen molar-refractivity contribution in [3.8, 4) is 5.75 Å². The van der Waals surface area contributed by atoms with Gasteiger partial charge in [0.2, 0.25) is 0 Å². The van der Waals surface area contributed by atoms with E-state index in [0.717, 1.165) is 21.4 Å². The predicted molar refractivity (Wildman–Crippen MR) is 72.1 cm³/mol. The summed E-state index contributed by atoms with van der Waals surface area (Å²) in [6.07, 6.45) is 1.80. The molecule has 0 unspecified atom stereocenters. The first kappa shape index (κ1) is 11.9. The van der Waals surface area contributed by atoms with Gasteiger partial charge < -0.3 is 10.4 Å². The van der Waals surface area contributed by atoms with Gasteiger partial charge in [-0.3, -0.25) is 0 Å². The highest BCUT2D eigenvalue weighted by atomic mass is 79.9. The zero-order chi connectivity index (χ0) is 12.3. The molecule has 0 aliphatic carbocycles. The molecular weight excluding hydrogens is 280 g/mol. The second-order valence-corrected chi connectivity index (χ2v) is 4.68. The number of rotatable bonds is 3. The van der Waals surface area contributed by atoms with Gasteiger partial charge in [-0.05, 0) is 40.5 Å². The van der Waals surface area contributed by atoms with Gasteiger partial charge in [0.25, 0.3) is 0 Å². The lowest BCUT2D eigenvalue weighted by Crippen LogP contribution is -2.02. The average molecular weight is 293 g/mol. The first-order chi connectivity index (χ1) is 8.16. The molecular formula is C13H13BrN2O. The van der Waals surface area contributed by atoms with E-state index in [1.807, 2.05) is 25.1 Å². The summed E-state index contributed by atoms with van der Waals surface area (Å²) in [5.41, 5.74) is 1.95. The Morgan fingerprint density at radius 1 is 1.35 bits per heavy atom. The lowest BCUT2D eigenvalue weighted by Gasteiger charge is -2.09. The summed E-state index contributed by atoms with van der Waals surface area (Å²) in [5, 5.41) is 12.8. The molecule has 2 N–H and O–H groups in total. The van der Waals surface area contributed by atoms with Crippen LogP contribution < -0.4 is 5.32 Å². The highest BCUT2D eigenvalue weighted by Crippen LogP contribution is 2.22. The van der Waals surface area contributed by atoms with E-state index in [4.69, 9.17) is 0 Å². The number of phenols is 1. The first-order valence-corrected chi connectivity index (χ1v) is 6.09. The fourth-order valence-electron chi connectivity index (χ4n) is 1.50. The van der Waals surface area contributed by atoms with Crippen LogP contribution in [0.4, 0.5) is 5.82 Å². The first-order valence-electron chi connectivity index (χ1n) is 5.29. The van der Waals surface area contributed by atoms with Gasteiger partial charge >= 0.3 is 0 Å². The van der Waals surface area contributed by atoms with Gasteiger partial charge in [0, 0.05) is 18.3 Å². The van der Waals surface area contributed by atoms with E-state index in [-0.39, 0.29) is 0 Å². The van der Waals surface area contributed by atoms with Gasteiger partial charge in [0.05, 0.1) is 4.47 Å². The topological polar surface area (TPSA) is 45.2 Å². The lowest BCUT2D eigenvalue weighted by molar-refractivity contribution is 0.469. The number of anilines is 1. The van der Waals surface area contributed by atoms with Crippen LogP contribution in [0.2, 0.25) is 0 Å². The zero-order valence-electron chi connectivity index (χ0n) is 9.44. The van der Waals surface area contributed by atoms with Crippen LogP contribution in [0.25, 0.3) is 0 Å². The third kappa shape index (κ3) is 2.97. The molecule has 1 aromatic carbocycles. The Balaban J connectivity index is 2.10. The highest BCUT2D eigenvalue weighted by molar-refractivity contribution is 9.10. The molecule has 0 spiro atoms. The number of hydrogen-bond donors (Lipinski definition) is 2. The molecule has 1 aromatic heterocycles. The van der Waals surface area contributed by atoms with E-state index < -0.39 is 0 Å². The molecule has 3 nitrogen and oxygen atoms in total. The molecule has 0 aliphatic heterocycles. The van der Waals surface area contributed by atoms with Crippen molar-refractivity contribution in [3.05, 3.63) is 52.1 Å². The van der Waals surface area contributed by atoms with E-state index in [1.54, 1.807) is 18.3 Å². The maximum atomic E-state index is 9.63. The average Bonchev–Trinajstić information content (AvgIpc) is 2.30. The Kier molecular flexibility index (Phi) is 3.64. The SMILES string of the molecule is Cc1cnc(NCc2ccccc2O)c(Br)c1. The molecule has 0 bridgehead atoms. The molecule has 0 saturated carbocycles. The van der Waals surface area contributed by atoms with Crippen molar-refractivity contribution < 1.29 is 5.11 Å². The van der Waals surface area contributed by atoms with Crippen molar-refractivity contribution in [2.45, 2.75) is 13.5 Å². The third-order valence-electron chi connectivity index (χ3n) is 2.42. The Hall–Kier alpha value is -1.55. The second-order valence-electron chi connectivity index (χ2n) is 3.83. The molecule has 17 heavy (non-hydrogen) atoms. The van der Waals surface area contributed by atoms with Crippen molar-refractivity contribution >= 4 is 21.7 Å². The van der Waals surface area contributed by atoms with Crippen LogP contribution in [0, 0.1) is 6.92 Å². The Morgan fingerprint density at radius 3 is 2.82 bits per heavy atom. The normalized spacial score (nSPS) is 10.2. The van der Waals surface area contributed by atoms with Crippen LogP contribution >= 0.6 is 15.9 Å². The van der Waals surface area contributed by atoms with Crippen molar-refractivity contribution in [2.75, 3.05) is 5.32 Å². The minimum atomic E-state index is 0.295. The van der Waals surface area contributed by atoms with Crippen molar-refractivity contribution in [3.63, 3.8) is 0 Å². The third-order valence-corrected chi connectivity index (χ3v) is 3.02. The summed E-state index contributed by atoms with van der Waals surface area (Å²) in [5.74, 6) is 1.07. The second kappa shape index (κ2) is 5.19. The number of aryl methyl sites for hydroxylation is 1. The van der Waals surface area contributed by atoms with Gasteiger partial charge in [-0.1, -0.05) is 18.2 Å². The molecule has 0 saturated heterocycles. The van der Waals surface area contributed by atoms with Gasteiger partial charge in [-0.15, -0.1) is 0 Å². The maximum Gasteiger partial charge on any atom is 0.140 e. The number of hydrogen-bond acceptors (Lipinski definition) is 3. The molecule has 0 fully saturated rings. The van der Waals surface area contributed by atoms with Gasteiger partial charge in [-0.25, -0.2) is 4.98 Å². The van der Waals surface area contributed by atoms with Gasteiger partial charge in [0.15, 0.2) is 0 Å². The van der Waals surface area contributed by atoms with Crippen molar-refractivity contribution in [2.24, 2.45) is 0 Å². The van der Waals surface area contributed by atoms with E-state index >= 15 is 0 Å². The number of halogens is 1. The smallest absolute Gasteiger partial charge is 0.140 e. The summed E-state index contributed by atoms with van der Waals surface area (Å²) in [6.45, 7) is 2.53. The fraction of sp³-hybridized carbons (Fsp3) is 0.154. The minimum absolute atomic E-state index is 0.295. The summed E-state index contributed by atoms with van der Waals surface area (Å²) in [4.78, 5) is 4.28. The molecule has 4 heteroatoms. The fourth-order valence-corrected chi connectivity index (χ4v) is 2.11. The monoisotopic (exact) mass is 292 g/mol. The quantitative estimate of drug-likeness (QED) is 0.910. The van der Waals surface area contributed by atoms with Crippen LogP contribution in [0.3, 0.4) is 0 Å². The molecule has 0 atom stereocenters. The van der Waals surface area contributed by atoms with Crippen LogP contribution in [0.1, 0.15) is 11.1 Å². The molecule has 2 rings (SSSR count). The van der Waals surface area contributed by atoms with E-state index in [9.17, 15) is 5.11 Å². The number of aromatic hydroxyl groups is 1.